The van der Waals surface area contributed by atoms with Gasteiger partial charge in [0.1, 0.15) is 19.3 Å². The van der Waals surface area contributed by atoms with E-state index < -0.39 is 6.10 Å². The van der Waals surface area contributed by atoms with Gasteiger partial charge in [-0.05, 0) is 24.7 Å². The van der Waals surface area contributed by atoms with Crippen LogP contribution in [0.15, 0.2) is 0 Å². The maximum absolute atomic E-state index is 12.0. The Balaban J connectivity index is 3.35. The van der Waals surface area contributed by atoms with Gasteiger partial charge in [0.15, 0.2) is 0 Å². The van der Waals surface area contributed by atoms with Crippen molar-refractivity contribution in [2.75, 3.05) is 13.2 Å². The van der Waals surface area contributed by atoms with Gasteiger partial charge in [0.2, 0.25) is 0 Å². The zero-order valence-corrected chi connectivity index (χ0v) is 35.7. The van der Waals surface area contributed by atoms with Gasteiger partial charge in [-0.1, -0.05) is 233 Å². The van der Waals surface area contributed by atoms with Gasteiger partial charge in [-0.15, -0.1) is 0 Å². The van der Waals surface area contributed by atoms with Crippen molar-refractivity contribution < 1.29 is 24.2 Å². The van der Waals surface area contributed by atoms with Crippen LogP contribution in [0.2, 0.25) is 0 Å². The summed E-state index contributed by atoms with van der Waals surface area (Å²) in [7, 11) is 0. The summed E-state index contributed by atoms with van der Waals surface area (Å²) in [4.78, 5) is 24.0. The molecule has 310 valence electrons. The summed E-state index contributed by atoms with van der Waals surface area (Å²) in [5.74, 6) is 1.17. The first kappa shape index (κ1) is 50.9. The van der Waals surface area contributed by atoms with Crippen molar-refractivity contribution in [3.63, 3.8) is 0 Å². The monoisotopic (exact) mass is 737 g/mol. The lowest BCUT2D eigenvalue weighted by molar-refractivity contribution is -0.152. The molecular weight excluding hydrogens is 645 g/mol. The van der Waals surface area contributed by atoms with Crippen molar-refractivity contribution >= 4 is 11.9 Å². The molecule has 1 N–H and O–H groups in total. The summed E-state index contributed by atoms with van der Waals surface area (Å²) in [5, 5.41) is 10.1. The summed E-state index contributed by atoms with van der Waals surface area (Å²) in [6.45, 7) is 9.07. The number of aliphatic hydroxyl groups excluding tert-OH is 1. The van der Waals surface area contributed by atoms with E-state index in [1.807, 2.05) is 0 Å². The van der Waals surface area contributed by atoms with Crippen LogP contribution in [0.4, 0.5) is 0 Å². The van der Waals surface area contributed by atoms with Gasteiger partial charge in [-0.3, -0.25) is 9.59 Å². The molecule has 5 nitrogen and oxygen atoms in total. The first-order valence-electron chi connectivity index (χ1n) is 23.3. The maximum Gasteiger partial charge on any atom is 0.305 e. The topological polar surface area (TPSA) is 72.8 Å². The molecular formula is C47H92O5. The van der Waals surface area contributed by atoms with E-state index in [9.17, 15) is 14.7 Å². The lowest BCUT2D eigenvalue weighted by Gasteiger charge is -2.12. The number of esters is 2. The quantitative estimate of drug-likeness (QED) is 0.0499. The first-order valence-corrected chi connectivity index (χ1v) is 23.3. The van der Waals surface area contributed by atoms with E-state index in [0.717, 1.165) is 37.5 Å². The van der Waals surface area contributed by atoms with Crippen LogP contribution >= 0.6 is 0 Å². The average molecular weight is 737 g/mol. The lowest BCUT2D eigenvalue weighted by atomic mass is 10.0. The van der Waals surface area contributed by atoms with Gasteiger partial charge in [0.05, 0.1) is 0 Å². The number of carbonyl (C=O) groups is 2. The third-order valence-electron chi connectivity index (χ3n) is 10.7. The molecule has 0 unspecified atom stereocenters. The number of carbonyl (C=O) groups excluding carboxylic acids is 2. The molecule has 0 rings (SSSR count). The highest BCUT2D eigenvalue weighted by Gasteiger charge is 2.12. The van der Waals surface area contributed by atoms with Crippen molar-refractivity contribution in [3.05, 3.63) is 0 Å². The minimum atomic E-state index is -0.957. The molecule has 1 atom stereocenters. The van der Waals surface area contributed by atoms with Gasteiger partial charge in [0, 0.05) is 12.8 Å². The van der Waals surface area contributed by atoms with Crippen LogP contribution in [0.3, 0.4) is 0 Å². The van der Waals surface area contributed by atoms with E-state index in [2.05, 4.69) is 27.7 Å². The summed E-state index contributed by atoms with van der Waals surface area (Å²) >= 11 is 0. The molecule has 0 aliphatic carbocycles. The summed E-state index contributed by atoms with van der Waals surface area (Å²) in [6, 6.07) is 0. The van der Waals surface area contributed by atoms with Gasteiger partial charge in [-0.2, -0.15) is 0 Å². The molecule has 0 fully saturated rings. The summed E-state index contributed by atoms with van der Waals surface area (Å²) < 4.78 is 10.4. The van der Waals surface area contributed by atoms with Crippen LogP contribution in [0.25, 0.3) is 0 Å². The normalized spacial score (nSPS) is 12.2. The van der Waals surface area contributed by atoms with Crippen LogP contribution in [0.1, 0.15) is 259 Å². The van der Waals surface area contributed by atoms with E-state index in [1.54, 1.807) is 0 Å². The van der Waals surface area contributed by atoms with Crippen LogP contribution in [-0.2, 0) is 19.1 Å². The number of rotatable bonds is 42. The van der Waals surface area contributed by atoms with E-state index in [4.69, 9.17) is 9.47 Å². The second-order valence-electron chi connectivity index (χ2n) is 17.2. The number of unbranched alkanes of at least 4 members (excludes halogenated alkanes) is 30. The second-order valence-corrected chi connectivity index (χ2v) is 17.2. The predicted octanol–water partition coefficient (Wildman–Crippen LogP) is 14.8. The van der Waals surface area contributed by atoms with Gasteiger partial charge in [0.25, 0.3) is 0 Å². The fraction of sp³-hybridized carbons (Fsp3) is 0.957. The average Bonchev–Trinajstić information content (AvgIpc) is 3.11. The van der Waals surface area contributed by atoms with E-state index in [1.165, 1.54) is 193 Å². The van der Waals surface area contributed by atoms with E-state index in [-0.39, 0.29) is 25.2 Å². The van der Waals surface area contributed by atoms with Crippen molar-refractivity contribution in [1.29, 1.82) is 0 Å². The SMILES string of the molecule is CC(C)CCCCCCCCCCCCCCCCCCCCC(=O)OC[C@H](O)COC(=O)CCCCCCCCCCCCCCCCC(C)C. The number of hydrogen-bond donors (Lipinski definition) is 1. The Morgan fingerprint density at radius 1 is 0.346 bits per heavy atom. The molecule has 0 aliphatic rings. The molecule has 0 saturated heterocycles. The highest BCUT2D eigenvalue weighted by atomic mass is 16.6. The van der Waals surface area contributed by atoms with Crippen molar-refractivity contribution in [2.24, 2.45) is 11.8 Å². The highest BCUT2D eigenvalue weighted by Crippen LogP contribution is 2.17. The fourth-order valence-corrected chi connectivity index (χ4v) is 7.16. The van der Waals surface area contributed by atoms with Crippen molar-refractivity contribution in [2.45, 2.75) is 265 Å². The molecule has 0 aromatic rings. The summed E-state index contributed by atoms with van der Waals surface area (Å²) in [5.41, 5.74) is 0. The second kappa shape index (κ2) is 41.1. The van der Waals surface area contributed by atoms with Gasteiger partial charge in [-0.25, -0.2) is 0 Å². The Labute approximate surface area is 325 Å². The molecule has 0 aromatic carbocycles. The Kier molecular flexibility index (Phi) is 40.2. The maximum atomic E-state index is 12.0. The van der Waals surface area contributed by atoms with Gasteiger partial charge >= 0.3 is 11.9 Å². The molecule has 0 aromatic heterocycles. The van der Waals surface area contributed by atoms with E-state index >= 15 is 0 Å². The van der Waals surface area contributed by atoms with Crippen LogP contribution in [0, 0.1) is 11.8 Å². The van der Waals surface area contributed by atoms with E-state index in [0.29, 0.717) is 12.8 Å². The molecule has 52 heavy (non-hydrogen) atoms. The third-order valence-corrected chi connectivity index (χ3v) is 10.7. The smallest absolute Gasteiger partial charge is 0.305 e. The molecule has 0 amide bonds. The fourth-order valence-electron chi connectivity index (χ4n) is 7.16. The van der Waals surface area contributed by atoms with Crippen LogP contribution in [-0.4, -0.2) is 36.4 Å². The molecule has 5 heteroatoms. The van der Waals surface area contributed by atoms with Gasteiger partial charge < -0.3 is 14.6 Å². The third kappa shape index (κ3) is 43.3. The zero-order valence-electron chi connectivity index (χ0n) is 35.7. The standard InChI is InChI=1S/C47H92O5/c1-43(2)37-33-29-25-21-17-13-9-7-5-6-8-10-15-19-23-27-31-35-39-46(49)51-41-45(48)42-52-47(50)40-36-32-28-24-20-16-12-11-14-18-22-26-30-34-38-44(3)4/h43-45,48H,5-42H2,1-4H3/t45-/m0/s1. The molecule has 0 aliphatic heterocycles. The highest BCUT2D eigenvalue weighted by molar-refractivity contribution is 5.69. The molecule has 0 radical (unpaired) electrons. The number of hydrogen-bond acceptors (Lipinski definition) is 5. The molecule has 0 bridgehead atoms. The minimum Gasteiger partial charge on any atom is -0.463 e. The Hall–Kier alpha value is -1.10. The molecule has 0 heterocycles. The Morgan fingerprint density at radius 2 is 0.538 bits per heavy atom. The zero-order chi connectivity index (χ0) is 38.2. The van der Waals surface area contributed by atoms with Crippen LogP contribution < -0.4 is 0 Å². The number of ether oxygens (including phenoxy) is 2. The lowest BCUT2D eigenvalue weighted by Crippen LogP contribution is -2.25. The predicted molar refractivity (Wildman–Crippen MR) is 224 cm³/mol. The van der Waals surface area contributed by atoms with Crippen molar-refractivity contribution in [3.8, 4) is 0 Å². The first-order chi connectivity index (χ1) is 25.3. The summed E-state index contributed by atoms with van der Waals surface area (Å²) in [6.07, 6.45) is 44.6. The molecule has 0 saturated carbocycles. The number of aliphatic hydroxyl groups is 1. The Bertz CT molecular complexity index is 735. The minimum absolute atomic E-state index is 0.108. The molecule has 0 spiro atoms. The Morgan fingerprint density at radius 3 is 0.750 bits per heavy atom. The van der Waals surface area contributed by atoms with Crippen LogP contribution in [0.5, 0.6) is 0 Å². The van der Waals surface area contributed by atoms with Crippen molar-refractivity contribution in [1.82, 2.24) is 0 Å². The largest absolute Gasteiger partial charge is 0.463 e.